The Labute approximate surface area is 103 Å². The van der Waals surface area contributed by atoms with Gasteiger partial charge in [-0.15, -0.1) is 0 Å². The van der Waals surface area contributed by atoms with Gasteiger partial charge in [-0.25, -0.2) is 0 Å². The topological polar surface area (TPSA) is 12.0 Å². The van der Waals surface area contributed by atoms with Gasteiger partial charge in [0.15, 0.2) is 0 Å². The van der Waals surface area contributed by atoms with Crippen LogP contribution in [0.1, 0.15) is 30.9 Å². The molecule has 0 fully saturated rings. The Balaban J connectivity index is 2.09. The Kier molecular flexibility index (Phi) is 3.81. The van der Waals surface area contributed by atoms with Gasteiger partial charge in [0.25, 0.3) is 0 Å². The van der Waals surface area contributed by atoms with Crippen molar-refractivity contribution < 1.29 is 0 Å². The summed E-state index contributed by atoms with van der Waals surface area (Å²) < 4.78 is 0. The fourth-order valence-corrected chi connectivity index (χ4v) is 1.95. The van der Waals surface area contributed by atoms with E-state index < -0.39 is 0 Å². The van der Waals surface area contributed by atoms with Crippen LogP contribution < -0.4 is 5.32 Å². The van der Waals surface area contributed by atoms with E-state index in [1.807, 2.05) is 6.07 Å². The molecule has 0 aliphatic heterocycles. The van der Waals surface area contributed by atoms with Crippen molar-refractivity contribution in [1.82, 2.24) is 0 Å². The van der Waals surface area contributed by atoms with Crippen LogP contribution in [0.25, 0.3) is 0 Å². The molecule has 0 heterocycles. The smallest absolute Gasteiger partial charge is 0.0400 e. The van der Waals surface area contributed by atoms with Crippen LogP contribution in [0.15, 0.2) is 54.6 Å². The largest absolute Gasteiger partial charge is 0.381 e. The van der Waals surface area contributed by atoms with Crippen LogP contribution in [0.4, 0.5) is 5.69 Å². The summed E-state index contributed by atoms with van der Waals surface area (Å²) in [7, 11) is 0. The predicted molar refractivity (Wildman–Crippen MR) is 74.3 cm³/mol. The minimum atomic E-state index is 0.550. The number of para-hydroxylation sites is 1. The molecule has 0 aliphatic rings. The van der Waals surface area contributed by atoms with Crippen LogP contribution in [0, 0.1) is 0 Å². The second kappa shape index (κ2) is 5.53. The van der Waals surface area contributed by atoms with E-state index in [2.05, 4.69) is 67.7 Å². The van der Waals surface area contributed by atoms with Gasteiger partial charge in [0.2, 0.25) is 0 Å². The molecule has 88 valence electrons. The van der Waals surface area contributed by atoms with Gasteiger partial charge in [-0.2, -0.15) is 0 Å². The first-order valence-corrected chi connectivity index (χ1v) is 6.14. The van der Waals surface area contributed by atoms with E-state index in [1.165, 1.54) is 16.8 Å². The number of rotatable bonds is 4. The number of hydrogen-bond acceptors (Lipinski definition) is 1. The number of benzene rings is 2. The maximum atomic E-state index is 3.51. The molecule has 0 saturated carbocycles. The van der Waals surface area contributed by atoms with Gasteiger partial charge >= 0.3 is 0 Å². The predicted octanol–water partition coefficient (Wildman–Crippen LogP) is 4.42. The van der Waals surface area contributed by atoms with E-state index in [4.69, 9.17) is 0 Å². The Hall–Kier alpha value is -1.76. The lowest BCUT2D eigenvalue weighted by Gasteiger charge is -2.14. The summed E-state index contributed by atoms with van der Waals surface area (Å²) in [6.45, 7) is 5.33. The Morgan fingerprint density at radius 2 is 1.53 bits per heavy atom. The fourth-order valence-electron chi connectivity index (χ4n) is 1.95. The van der Waals surface area contributed by atoms with Crippen LogP contribution in [-0.2, 0) is 6.54 Å². The molecule has 0 radical (unpaired) electrons. The van der Waals surface area contributed by atoms with Crippen molar-refractivity contribution in [3.05, 3.63) is 65.7 Å². The zero-order valence-corrected chi connectivity index (χ0v) is 10.5. The normalized spacial score (nSPS) is 10.5. The lowest BCUT2D eigenvalue weighted by atomic mass is 10.0. The zero-order chi connectivity index (χ0) is 12.1. The number of nitrogens with one attached hydrogen (secondary N) is 1. The van der Waals surface area contributed by atoms with E-state index in [0.717, 1.165) is 6.54 Å². The van der Waals surface area contributed by atoms with Gasteiger partial charge in [0.1, 0.15) is 0 Å². The number of anilines is 1. The van der Waals surface area contributed by atoms with Gasteiger partial charge in [0, 0.05) is 12.2 Å². The van der Waals surface area contributed by atoms with E-state index in [9.17, 15) is 0 Å². The van der Waals surface area contributed by atoms with E-state index in [0.29, 0.717) is 5.92 Å². The third kappa shape index (κ3) is 3.10. The quantitative estimate of drug-likeness (QED) is 0.812. The first-order valence-electron chi connectivity index (χ1n) is 6.14. The SMILES string of the molecule is CC(C)c1ccccc1NCc1ccccc1. The molecule has 0 aliphatic carbocycles. The first kappa shape index (κ1) is 11.7. The summed E-state index contributed by atoms with van der Waals surface area (Å²) in [6, 6.07) is 19.0. The van der Waals surface area contributed by atoms with Gasteiger partial charge in [-0.05, 0) is 23.1 Å². The fraction of sp³-hybridized carbons (Fsp3) is 0.250. The minimum Gasteiger partial charge on any atom is -0.381 e. The Morgan fingerprint density at radius 1 is 0.882 bits per heavy atom. The standard InChI is InChI=1S/C16H19N/c1-13(2)15-10-6-7-11-16(15)17-12-14-8-4-3-5-9-14/h3-11,13,17H,12H2,1-2H3. The lowest BCUT2D eigenvalue weighted by molar-refractivity contribution is 0.865. The molecule has 0 amide bonds. The molecule has 0 saturated heterocycles. The third-order valence-corrected chi connectivity index (χ3v) is 2.91. The van der Waals surface area contributed by atoms with Crippen LogP contribution >= 0.6 is 0 Å². The summed E-state index contributed by atoms with van der Waals surface area (Å²) >= 11 is 0. The molecule has 1 heteroatoms. The highest BCUT2D eigenvalue weighted by Gasteiger charge is 2.04. The van der Waals surface area contributed by atoms with Crippen LogP contribution in [0.2, 0.25) is 0 Å². The molecule has 2 aromatic carbocycles. The molecule has 1 N–H and O–H groups in total. The molecule has 2 aromatic rings. The highest BCUT2D eigenvalue weighted by molar-refractivity contribution is 5.52. The van der Waals surface area contributed by atoms with E-state index >= 15 is 0 Å². The minimum absolute atomic E-state index is 0.550. The summed E-state index contributed by atoms with van der Waals surface area (Å²) in [4.78, 5) is 0. The molecule has 1 nitrogen and oxygen atoms in total. The molecular formula is C16H19N. The molecule has 0 bridgehead atoms. The second-order valence-electron chi connectivity index (χ2n) is 4.58. The highest BCUT2D eigenvalue weighted by Crippen LogP contribution is 2.24. The highest BCUT2D eigenvalue weighted by atomic mass is 14.9. The van der Waals surface area contributed by atoms with Gasteiger partial charge in [-0.3, -0.25) is 0 Å². The molecule has 0 unspecified atom stereocenters. The van der Waals surface area contributed by atoms with Crippen LogP contribution in [-0.4, -0.2) is 0 Å². The zero-order valence-electron chi connectivity index (χ0n) is 10.5. The molecule has 17 heavy (non-hydrogen) atoms. The van der Waals surface area contributed by atoms with Gasteiger partial charge in [0.05, 0.1) is 0 Å². The lowest BCUT2D eigenvalue weighted by Crippen LogP contribution is -2.03. The summed E-state index contributed by atoms with van der Waals surface area (Å²) in [5.41, 5.74) is 3.93. The summed E-state index contributed by atoms with van der Waals surface area (Å²) in [5.74, 6) is 0.550. The number of hydrogen-bond donors (Lipinski definition) is 1. The van der Waals surface area contributed by atoms with Crippen molar-refractivity contribution >= 4 is 5.69 Å². The summed E-state index contributed by atoms with van der Waals surface area (Å²) in [6.07, 6.45) is 0. The molecule has 0 spiro atoms. The maximum absolute atomic E-state index is 3.51. The molecular weight excluding hydrogens is 206 g/mol. The molecule has 0 aromatic heterocycles. The average Bonchev–Trinajstić information content (AvgIpc) is 2.38. The monoisotopic (exact) mass is 225 g/mol. The van der Waals surface area contributed by atoms with Crippen molar-refractivity contribution in [2.75, 3.05) is 5.32 Å². The third-order valence-electron chi connectivity index (χ3n) is 2.91. The van der Waals surface area contributed by atoms with Crippen molar-refractivity contribution in [3.8, 4) is 0 Å². The van der Waals surface area contributed by atoms with Crippen molar-refractivity contribution in [2.45, 2.75) is 26.3 Å². The second-order valence-corrected chi connectivity index (χ2v) is 4.58. The molecule has 2 rings (SSSR count). The van der Waals surface area contributed by atoms with Crippen molar-refractivity contribution in [2.24, 2.45) is 0 Å². The average molecular weight is 225 g/mol. The van der Waals surface area contributed by atoms with Crippen molar-refractivity contribution in [1.29, 1.82) is 0 Å². The summed E-state index contributed by atoms with van der Waals surface area (Å²) in [5, 5.41) is 3.51. The van der Waals surface area contributed by atoms with E-state index in [1.54, 1.807) is 0 Å². The Bertz CT molecular complexity index is 460. The maximum Gasteiger partial charge on any atom is 0.0400 e. The van der Waals surface area contributed by atoms with E-state index in [-0.39, 0.29) is 0 Å². The van der Waals surface area contributed by atoms with Gasteiger partial charge < -0.3 is 5.32 Å². The van der Waals surface area contributed by atoms with Crippen molar-refractivity contribution in [3.63, 3.8) is 0 Å². The molecule has 0 atom stereocenters. The van der Waals surface area contributed by atoms with Crippen LogP contribution in [0.5, 0.6) is 0 Å². The Morgan fingerprint density at radius 3 is 2.24 bits per heavy atom. The van der Waals surface area contributed by atoms with Gasteiger partial charge in [-0.1, -0.05) is 62.4 Å². The van der Waals surface area contributed by atoms with Crippen LogP contribution in [0.3, 0.4) is 0 Å². The first-order chi connectivity index (χ1) is 8.27.